The molecule has 0 radical (unpaired) electrons. The van der Waals surface area contributed by atoms with Crippen LogP contribution in [0.1, 0.15) is 0 Å². The van der Waals surface area contributed by atoms with Crippen molar-refractivity contribution in [2.24, 2.45) is 0 Å². The number of benzene rings is 3. The van der Waals surface area contributed by atoms with Crippen molar-refractivity contribution < 1.29 is 0 Å². The number of para-hydroxylation sites is 2. The second kappa shape index (κ2) is 7.33. The largest absolute Gasteiger partial charge is 0.354 e. The molecular weight excluding hydrogens is 362 g/mol. The maximum atomic E-state index is 4.35. The van der Waals surface area contributed by atoms with Gasteiger partial charge in [0.15, 0.2) is 0 Å². The minimum absolute atomic E-state index is 0.977. The number of pyridine rings is 2. The van der Waals surface area contributed by atoms with Crippen LogP contribution < -0.4 is 5.32 Å². The van der Waals surface area contributed by atoms with Gasteiger partial charge in [-0.15, -0.1) is 0 Å². The molecule has 3 nitrogen and oxygen atoms in total. The number of nitrogens with one attached hydrogen (secondary N) is 1. The first kappa shape index (κ1) is 16.8. The molecule has 3 heterocycles. The van der Waals surface area contributed by atoms with Gasteiger partial charge in [-0.2, -0.15) is 0 Å². The third kappa shape index (κ3) is 3.19. The topological polar surface area (TPSA) is 37.8 Å². The first-order chi connectivity index (χ1) is 13.9. The predicted molar refractivity (Wildman–Crippen MR) is 117 cm³/mol. The van der Waals surface area contributed by atoms with Gasteiger partial charge in [0.2, 0.25) is 0 Å². The number of anilines is 2. The molecule has 134 valence electrons. The van der Waals surface area contributed by atoms with Gasteiger partial charge in [0.1, 0.15) is 0 Å². The zero-order chi connectivity index (χ0) is 18.8. The molecule has 28 heavy (non-hydrogen) atoms. The van der Waals surface area contributed by atoms with Gasteiger partial charge in [0, 0.05) is 33.0 Å². The van der Waals surface area contributed by atoms with Gasteiger partial charge in [-0.25, -0.2) is 0 Å². The highest BCUT2D eigenvalue weighted by molar-refractivity contribution is 7.99. The zero-order valence-electron chi connectivity index (χ0n) is 15.0. The quantitative estimate of drug-likeness (QED) is 0.299. The molecule has 0 amide bonds. The average molecular weight is 379 g/mol. The minimum Gasteiger partial charge on any atom is -0.354 e. The van der Waals surface area contributed by atoms with Gasteiger partial charge in [-0.3, -0.25) is 9.97 Å². The Kier molecular flexibility index (Phi) is 4.39. The number of aromatic nitrogens is 2. The highest BCUT2D eigenvalue weighted by atomic mass is 32.2. The molecule has 2 aromatic heterocycles. The van der Waals surface area contributed by atoms with Crippen molar-refractivity contribution in [3.05, 3.63) is 97.3 Å². The van der Waals surface area contributed by atoms with E-state index >= 15 is 0 Å². The van der Waals surface area contributed by atoms with E-state index in [4.69, 9.17) is 0 Å². The fourth-order valence-electron chi connectivity index (χ4n) is 3.26. The Labute approximate surface area is 167 Å². The molecule has 4 heteroatoms. The van der Waals surface area contributed by atoms with Gasteiger partial charge in [-0.1, -0.05) is 60.3 Å². The first-order valence-corrected chi connectivity index (χ1v) is 9.91. The number of hydrogen-bond donors (Lipinski definition) is 1. The molecule has 0 spiro atoms. The van der Waals surface area contributed by atoms with Gasteiger partial charge in [-0.05, 0) is 36.4 Å². The van der Waals surface area contributed by atoms with E-state index in [9.17, 15) is 0 Å². The fraction of sp³-hybridized carbons (Fsp3) is 0. The van der Waals surface area contributed by atoms with E-state index in [0.29, 0.717) is 0 Å². The van der Waals surface area contributed by atoms with Crippen LogP contribution in [0.2, 0.25) is 0 Å². The van der Waals surface area contributed by atoms with Crippen LogP contribution in [-0.2, 0) is 0 Å². The van der Waals surface area contributed by atoms with E-state index < -0.39 is 0 Å². The molecular formula is C24H17N3S. The second-order valence-electron chi connectivity index (χ2n) is 6.44. The molecule has 5 aromatic rings. The van der Waals surface area contributed by atoms with Crippen LogP contribution in [0.3, 0.4) is 0 Å². The summed E-state index contributed by atoms with van der Waals surface area (Å²) in [5.41, 5.74) is 4.36. The highest BCUT2D eigenvalue weighted by Gasteiger charge is 2.13. The molecule has 0 atom stereocenters. The number of fused-ring (bicyclic) bond motifs is 5. The van der Waals surface area contributed by atoms with E-state index in [1.54, 1.807) is 12.4 Å². The number of nitrogens with zero attached hydrogens (tertiary/aromatic N) is 2. The molecule has 3 aromatic carbocycles. The molecule has 0 unspecified atom stereocenters. The maximum Gasteiger partial charge on any atom is 0.0964 e. The van der Waals surface area contributed by atoms with Crippen molar-refractivity contribution in [2.45, 2.75) is 9.79 Å². The van der Waals surface area contributed by atoms with Crippen LogP contribution in [0.15, 0.2) is 107 Å². The lowest BCUT2D eigenvalue weighted by Crippen LogP contribution is -1.98. The minimum atomic E-state index is 0.977. The molecule has 0 saturated carbocycles. The molecule has 0 bridgehead atoms. The van der Waals surface area contributed by atoms with Crippen molar-refractivity contribution in [2.75, 3.05) is 5.32 Å². The monoisotopic (exact) mass is 379 g/mol. The van der Waals surface area contributed by atoms with Crippen molar-refractivity contribution in [1.82, 2.24) is 9.97 Å². The summed E-state index contributed by atoms with van der Waals surface area (Å²) in [5.74, 6) is 0. The van der Waals surface area contributed by atoms with Gasteiger partial charge < -0.3 is 5.32 Å². The normalized spacial score (nSPS) is 11.7. The maximum absolute atomic E-state index is 4.35. The van der Waals surface area contributed by atoms with Gasteiger partial charge in [0.25, 0.3) is 0 Å². The highest BCUT2D eigenvalue weighted by Crippen LogP contribution is 2.43. The van der Waals surface area contributed by atoms with Crippen LogP contribution in [0, 0.1) is 0 Å². The SMILES string of the molecule is c1ccc2c(c1)Nc1ccccc1S2.c1cnc2c(c1)ccc1cccnc12. The summed E-state index contributed by atoms with van der Waals surface area (Å²) >= 11 is 1.82. The van der Waals surface area contributed by atoms with E-state index in [1.807, 2.05) is 23.9 Å². The summed E-state index contributed by atoms with van der Waals surface area (Å²) < 4.78 is 0. The van der Waals surface area contributed by atoms with E-state index in [-0.39, 0.29) is 0 Å². The molecule has 1 N–H and O–H groups in total. The summed E-state index contributed by atoms with van der Waals surface area (Å²) in [6.45, 7) is 0. The first-order valence-electron chi connectivity index (χ1n) is 9.10. The second-order valence-corrected chi connectivity index (χ2v) is 7.52. The summed E-state index contributed by atoms with van der Waals surface area (Å²) in [6, 6.07) is 28.9. The molecule has 0 fully saturated rings. The van der Waals surface area contributed by atoms with Crippen LogP contribution in [0.5, 0.6) is 0 Å². The van der Waals surface area contributed by atoms with Crippen LogP contribution >= 0.6 is 11.8 Å². The lowest BCUT2D eigenvalue weighted by Gasteiger charge is -2.19. The van der Waals surface area contributed by atoms with Crippen molar-refractivity contribution in [3.63, 3.8) is 0 Å². The van der Waals surface area contributed by atoms with Gasteiger partial charge >= 0.3 is 0 Å². The number of rotatable bonds is 0. The zero-order valence-corrected chi connectivity index (χ0v) is 15.9. The molecule has 1 aliphatic heterocycles. The van der Waals surface area contributed by atoms with E-state index in [2.05, 4.69) is 88.1 Å². The molecule has 0 saturated heterocycles. The van der Waals surface area contributed by atoms with Crippen LogP contribution in [-0.4, -0.2) is 9.97 Å². The summed E-state index contributed by atoms with van der Waals surface area (Å²) in [6.07, 6.45) is 3.60. The molecule has 0 aliphatic carbocycles. The Bertz CT molecular complexity index is 1140. The molecule has 1 aliphatic rings. The fourth-order valence-corrected chi connectivity index (χ4v) is 4.25. The average Bonchev–Trinajstić information content (AvgIpc) is 2.78. The summed E-state index contributed by atoms with van der Waals surface area (Å²) in [5, 5.41) is 5.70. The van der Waals surface area contributed by atoms with Crippen LogP contribution in [0.25, 0.3) is 21.8 Å². The third-order valence-corrected chi connectivity index (χ3v) is 5.76. The lowest BCUT2D eigenvalue weighted by molar-refractivity contribution is 1.32. The Hall–Kier alpha value is -3.37. The van der Waals surface area contributed by atoms with E-state index in [0.717, 1.165) is 21.8 Å². The van der Waals surface area contributed by atoms with E-state index in [1.165, 1.54) is 21.2 Å². The van der Waals surface area contributed by atoms with Crippen molar-refractivity contribution in [3.8, 4) is 0 Å². The Morgan fingerprint density at radius 2 is 1.04 bits per heavy atom. The van der Waals surface area contributed by atoms with Crippen LogP contribution in [0.4, 0.5) is 11.4 Å². The lowest BCUT2D eigenvalue weighted by atomic mass is 10.1. The predicted octanol–water partition coefficient (Wildman–Crippen LogP) is 6.68. The Morgan fingerprint density at radius 3 is 1.57 bits per heavy atom. The summed E-state index contributed by atoms with van der Waals surface area (Å²) in [7, 11) is 0. The standard InChI is InChI=1S/C12H8N2.C12H9NS/c1-3-9-5-6-10-4-2-8-14-12(10)11(9)13-7-1;1-3-7-11-9(5-1)13-10-6-2-4-8-12(10)14-11/h1-8H;1-8,13H. The van der Waals surface area contributed by atoms with Crippen molar-refractivity contribution >= 4 is 44.9 Å². The Morgan fingerprint density at radius 1 is 0.536 bits per heavy atom. The smallest absolute Gasteiger partial charge is 0.0964 e. The summed E-state index contributed by atoms with van der Waals surface area (Å²) in [4.78, 5) is 11.3. The number of hydrogen-bond acceptors (Lipinski definition) is 4. The molecule has 6 rings (SSSR count). The third-order valence-electron chi connectivity index (χ3n) is 4.61. The Balaban J connectivity index is 0.000000122. The van der Waals surface area contributed by atoms with Gasteiger partial charge in [0.05, 0.1) is 22.4 Å². The van der Waals surface area contributed by atoms with Crippen molar-refractivity contribution in [1.29, 1.82) is 0 Å².